The summed E-state index contributed by atoms with van der Waals surface area (Å²) in [7, 11) is 3.58. The van der Waals surface area contributed by atoms with Gasteiger partial charge < -0.3 is 18.9 Å². The molecule has 3 aromatic rings. The Morgan fingerprint density at radius 2 is 1.84 bits per heavy atom. The summed E-state index contributed by atoms with van der Waals surface area (Å²) in [6, 6.07) is 14.3. The highest BCUT2D eigenvalue weighted by atomic mass is 35.5. The molecule has 1 amide bonds. The van der Waals surface area contributed by atoms with E-state index in [9.17, 15) is 4.79 Å². The molecule has 0 fully saturated rings. The average Bonchev–Trinajstić information content (AvgIpc) is 3.12. The molecule has 31 heavy (non-hydrogen) atoms. The van der Waals surface area contributed by atoms with Crippen LogP contribution < -0.4 is 9.47 Å². The molecule has 0 aliphatic rings. The molecule has 7 nitrogen and oxygen atoms in total. The Hall–Kier alpha value is -2.42. The van der Waals surface area contributed by atoms with E-state index in [1.54, 1.807) is 52.9 Å². The van der Waals surface area contributed by atoms with Crippen LogP contribution in [-0.4, -0.2) is 51.5 Å². The number of carbonyl (C=O) groups is 1. The average molecular weight is 481 g/mol. The third-order valence-corrected chi connectivity index (χ3v) is 5.95. The smallest absolute Gasteiger partial charge is 0.232 e. The van der Waals surface area contributed by atoms with Crippen LogP contribution in [0.2, 0.25) is 10.0 Å². The normalized spacial score (nSPS) is 10.7. The second-order valence-corrected chi connectivity index (χ2v) is 8.37. The number of hydrogen-bond acceptors (Lipinski definition) is 6. The quantitative estimate of drug-likeness (QED) is 0.402. The molecule has 1 heterocycles. The number of carbonyl (C=O) groups excluding carboxylic acids is 1. The summed E-state index contributed by atoms with van der Waals surface area (Å²) in [4.78, 5) is 14.0. The van der Waals surface area contributed by atoms with Gasteiger partial charge in [-0.15, -0.1) is 10.2 Å². The second-order valence-electron chi connectivity index (χ2n) is 6.58. The molecule has 0 saturated carbocycles. The van der Waals surface area contributed by atoms with Crippen LogP contribution in [0.15, 0.2) is 53.7 Å². The first kappa shape index (κ1) is 23.2. The van der Waals surface area contributed by atoms with Gasteiger partial charge in [0.1, 0.15) is 24.7 Å². The van der Waals surface area contributed by atoms with Crippen molar-refractivity contribution in [2.75, 3.05) is 26.0 Å². The van der Waals surface area contributed by atoms with Crippen LogP contribution in [0.25, 0.3) is 0 Å². The van der Waals surface area contributed by atoms with Crippen LogP contribution in [0.5, 0.6) is 11.5 Å². The number of likely N-dealkylation sites (N-methyl/N-ethyl adjacent to an activating group) is 1. The van der Waals surface area contributed by atoms with Gasteiger partial charge in [-0.2, -0.15) is 0 Å². The molecular formula is C21H22Cl2N4O3S. The van der Waals surface area contributed by atoms with E-state index in [-0.39, 0.29) is 18.3 Å². The number of para-hydroxylation sites is 1. The fourth-order valence-electron chi connectivity index (χ4n) is 2.49. The van der Waals surface area contributed by atoms with E-state index in [0.717, 1.165) is 0 Å². The van der Waals surface area contributed by atoms with Crippen molar-refractivity contribution in [2.45, 2.75) is 11.8 Å². The summed E-state index contributed by atoms with van der Waals surface area (Å²) in [6.45, 7) is 1.09. The summed E-state index contributed by atoms with van der Waals surface area (Å²) in [5, 5.41) is 10.1. The zero-order valence-corrected chi connectivity index (χ0v) is 19.5. The van der Waals surface area contributed by atoms with Crippen LogP contribution in [0.4, 0.5) is 0 Å². The molecule has 0 spiro atoms. The first-order valence-corrected chi connectivity index (χ1v) is 11.2. The standard InChI is InChI=1S/C21H22Cl2N4O3S/c1-26(11-12-29-16-9-7-15(22)8-10-16)20(28)14-31-21-25-24-19(27(21)2)13-30-18-6-4-3-5-17(18)23/h3-10H,11-14H2,1-2H3. The Morgan fingerprint density at radius 3 is 2.58 bits per heavy atom. The van der Waals surface area contributed by atoms with Gasteiger partial charge in [-0.1, -0.05) is 47.1 Å². The number of ether oxygens (including phenoxy) is 2. The van der Waals surface area contributed by atoms with Crippen molar-refractivity contribution in [1.82, 2.24) is 19.7 Å². The Morgan fingerprint density at radius 1 is 1.10 bits per heavy atom. The van der Waals surface area contributed by atoms with Gasteiger partial charge in [0.05, 0.1) is 17.3 Å². The zero-order chi connectivity index (χ0) is 22.2. The van der Waals surface area contributed by atoms with Crippen LogP contribution in [0.1, 0.15) is 5.82 Å². The van der Waals surface area contributed by atoms with Crippen LogP contribution in [-0.2, 0) is 18.4 Å². The van der Waals surface area contributed by atoms with Gasteiger partial charge in [0.2, 0.25) is 5.91 Å². The molecule has 1 aromatic heterocycles. The number of hydrogen-bond donors (Lipinski definition) is 0. The predicted molar refractivity (Wildman–Crippen MR) is 122 cm³/mol. The van der Waals surface area contributed by atoms with Crippen LogP contribution in [0, 0.1) is 0 Å². The van der Waals surface area contributed by atoms with Crippen molar-refractivity contribution < 1.29 is 14.3 Å². The molecule has 0 bridgehead atoms. The molecule has 0 radical (unpaired) electrons. The second kappa shape index (κ2) is 11.3. The summed E-state index contributed by atoms with van der Waals surface area (Å²) in [5.41, 5.74) is 0. The topological polar surface area (TPSA) is 69.5 Å². The third kappa shape index (κ3) is 6.78. The van der Waals surface area contributed by atoms with Crippen LogP contribution in [0.3, 0.4) is 0 Å². The lowest BCUT2D eigenvalue weighted by molar-refractivity contribution is -0.127. The van der Waals surface area contributed by atoms with Crippen molar-refractivity contribution in [3.8, 4) is 11.5 Å². The number of nitrogens with zero attached hydrogens (tertiary/aromatic N) is 4. The molecule has 0 aliphatic carbocycles. The fourth-order valence-corrected chi connectivity index (χ4v) is 3.68. The summed E-state index contributed by atoms with van der Waals surface area (Å²) in [6.07, 6.45) is 0. The van der Waals surface area contributed by atoms with Gasteiger partial charge in [-0.25, -0.2) is 0 Å². The number of aromatic nitrogens is 3. The molecule has 2 aromatic carbocycles. The number of rotatable bonds is 10. The van der Waals surface area contributed by atoms with Crippen LogP contribution >= 0.6 is 35.0 Å². The lowest BCUT2D eigenvalue weighted by atomic mass is 10.3. The third-order valence-electron chi connectivity index (χ3n) is 4.38. The maximum absolute atomic E-state index is 12.4. The number of thioether (sulfide) groups is 1. The maximum Gasteiger partial charge on any atom is 0.232 e. The Kier molecular flexibility index (Phi) is 8.45. The fraction of sp³-hybridized carbons (Fsp3) is 0.286. The van der Waals surface area contributed by atoms with Gasteiger partial charge in [-0.05, 0) is 36.4 Å². The van der Waals surface area contributed by atoms with Crippen molar-refractivity contribution >= 4 is 40.9 Å². The molecular weight excluding hydrogens is 459 g/mol. The minimum Gasteiger partial charge on any atom is -0.492 e. The van der Waals surface area contributed by atoms with E-state index in [4.69, 9.17) is 32.7 Å². The summed E-state index contributed by atoms with van der Waals surface area (Å²) in [5.74, 6) is 2.15. The van der Waals surface area contributed by atoms with Gasteiger partial charge in [0.15, 0.2) is 11.0 Å². The number of amides is 1. The van der Waals surface area contributed by atoms with E-state index in [1.807, 2.05) is 19.2 Å². The molecule has 0 atom stereocenters. The minimum absolute atomic E-state index is 0.0263. The van der Waals surface area contributed by atoms with Gasteiger partial charge in [0, 0.05) is 19.1 Å². The number of benzene rings is 2. The highest BCUT2D eigenvalue weighted by Gasteiger charge is 2.15. The largest absolute Gasteiger partial charge is 0.492 e. The minimum atomic E-state index is -0.0263. The van der Waals surface area contributed by atoms with Crippen molar-refractivity contribution in [3.63, 3.8) is 0 Å². The van der Waals surface area contributed by atoms with Crippen molar-refractivity contribution in [1.29, 1.82) is 0 Å². The molecule has 0 saturated heterocycles. The summed E-state index contributed by atoms with van der Waals surface area (Å²) >= 11 is 13.3. The zero-order valence-electron chi connectivity index (χ0n) is 17.1. The lowest BCUT2D eigenvalue weighted by Crippen LogP contribution is -2.32. The molecule has 0 N–H and O–H groups in total. The van der Waals surface area contributed by atoms with E-state index >= 15 is 0 Å². The molecule has 0 aliphatic heterocycles. The van der Waals surface area contributed by atoms with Gasteiger partial charge >= 0.3 is 0 Å². The Bertz CT molecular complexity index is 1010. The van der Waals surface area contributed by atoms with Crippen molar-refractivity contribution in [2.24, 2.45) is 7.05 Å². The molecule has 164 valence electrons. The number of halogens is 2. The lowest BCUT2D eigenvalue weighted by Gasteiger charge is -2.17. The Labute approximate surface area is 195 Å². The van der Waals surface area contributed by atoms with E-state index in [1.165, 1.54) is 11.8 Å². The van der Waals surface area contributed by atoms with Gasteiger partial charge in [0.25, 0.3) is 0 Å². The maximum atomic E-state index is 12.4. The SMILES string of the molecule is CN(CCOc1ccc(Cl)cc1)C(=O)CSc1nnc(COc2ccccc2Cl)n1C. The molecule has 10 heteroatoms. The van der Waals surface area contributed by atoms with Gasteiger partial charge in [-0.3, -0.25) is 4.79 Å². The monoisotopic (exact) mass is 480 g/mol. The van der Waals surface area contributed by atoms with Crippen molar-refractivity contribution in [3.05, 3.63) is 64.4 Å². The highest BCUT2D eigenvalue weighted by molar-refractivity contribution is 7.99. The first-order chi connectivity index (χ1) is 14.9. The molecule has 3 rings (SSSR count). The summed E-state index contributed by atoms with van der Waals surface area (Å²) < 4.78 is 13.1. The molecule has 0 unspecified atom stereocenters. The van der Waals surface area contributed by atoms with E-state index in [0.29, 0.717) is 45.7 Å². The predicted octanol–water partition coefficient (Wildman–Crippen LogP) is 4.33. The van der Waals surface area contributed by atoms with E-state index < -0.39 is 0 Å². The highest BCUT2D eigenvalue weighted by Crippen LogP contribution is 2.24. The Balaban J connectivity index is 1.43. The van der Waals surface area contributed by atoms with E-state index in [2.05, 4.69) is 10.2 Å². The first-order valence-electron chi connectivity index (χ1n) is 9.44.